The van der Waals surface area contributed by atoms with Gasteiger partial charge >= 0.3 is 0 Å². The number of aryl methyl sites for hydroxylation is 1. The second-order valence-electron chi connectivity index (χ2n) is 30.1. The van der Waals surface area contributed by atoms with E-state index < -0.39 is 5.41 Å². The van der Waals surface area contributed by atoms with Crippen LogP contribution in [0.4, 0.5) is 34.1 Å². The van der Waals surface area contributed by atoms with E-state index in [1.807, 2.05) is 0 Å². The van der Waals surface area contributed by atoms with Gasteiger partial charge in [-0.25, -0.2) is 0 Å². The van der Waals surface area contributed by atoms with Gasteiger partial charge in [0.05, 0.1) is 0 Å². The van der Waals surface area contributed by atoms with Crippen molar-refractivity contribution < 1.29 is 0 Å². The highest BCUT2D eigenvalue weighted by Crippen LogP contribution is 2.58. The molecule has 2 heteroatoms. The number of fused-ring (bicyclic) bond motifs is 9. The third-order valence-electron chi connectivity index (χ3n) is 23.5. The molecule has 3 aliphatic rings. The van der Waals surface area contributed by atoms with Crippen molar-refractivity contribution in [2.75, 3.05) is 9.80 Å². The fourth-order valence-electron chi connectivity index (χ4n) is 17.6. The molecule has 502 valence electrons. The summed E-state index contributed by atoms with van der Waals surface area (Å²) in [5, 5.41) is 0. The van der Waals surface area contributed by atoms with E-state index in [0.717, 1.165) is 66.2 Å². The standard InChI is InChI=1S/C101H88N2/c1-7-69(2)71-38-36-70(37-39-71)25-13-8-9-24-64-101(80-30-18-12-19-31-80)97-65-78(76-44-54-83(55-45-76)102(81-50-40-74(41-51-81)72-26-14-10-15-27-72)85-58-62-89-87-32-20-22-34-93(87)99(3,4)95(89)67-85)48-60-91(97)92-61-49-79(66-98(92)101)77-46-56-84(57-47-77)103(82-52-42-75(43-53-82)73-28-16-11-17-29-73)86-59-63-90-88-33-21-23-35-94(88)100(5,6)96(90)68-86/h10-12,14-23,26-63,65-69H,7-9,13,24-25,64H2,1-6H3. The molecule has 14 aromatic rings. The van der Waals surface area contributed by atoms with Crippen LogP contribution in [0, 0.1) is 0 Å². The Kier molecular flexibility index (Phi) is 17.0. The minimum Gasteiger partial charge on any atom is -0.310 e. The third-order valence-corrected chi connectivity index (χ3v) is 23.5. The largest absolute Gasteiger partial charge is 0.310 e. The smallest absolute Gasteiger partial charge is 0.0465 e. The van der Waals surface area contributed by atoms with Crippen molar-refractivity contribution in [3.63, 3.8) is 0 Å². The minimum absolute atomic E-state index is 0.138. The maximum Gasteiger partial charge on any atom is 0.0465 e. The molecular formula is C101H88N2. The van der Waals surface area contributed by atoms with E-state index in [0.29, 0.717) is 5.92 Å². The van der Waals surface area contributed by atoms with Gasteiger partial charge in [-0.05, 0) is 244 Å². The van der Waals surface area contributed by atoms with Crippen molar-refractivity contribution >= 4 is 34.1 Å². The molecule has 0 radical (unpaired) electrons. The molecule has 0 aromatic heterocycles. The molecule has 0 saturated carbocycles. The summed E-state index contributed by atoms with van der Waals surface area (Å²) in [6, 6.07) is 126. The van der Waals surface area contributed by atoms with Crippen molar-refractivity contribution in [3.05, 3.63) is 384 Å². The molecule has 0 N–H and O–H groups in total. The van der Waals surface area contributed by atoms with Crippen molar-refractivity contribution in [1.29, 1.82) is 0 Å². The number of hydrogen-bond donors (Lipinski definition) is 0. The van der Waals surface area contributed by atoms with Gasteiger partial charge in [-0.3, -0.25) is 0 Å². The lowest BCUT2D eigenvalue weighted by molar-refractivity contribution is 0.512. The van der Waals surface area contributed by atoms with Gasteiger partial charge in [-0.1, -0.05) is 310 Å². The van der Waals surface area contributed by atoms with Crippen LogP contribution in [-0.4, -0.2) is 0 Å². The maximum atomic E-state index is 2.56. The molecule has 3 aliphatic carbocycles. The molecule has 0 amide bonds. The van der Waals surface area contributed by atoms with Crippen LogP contribution in [0.5, 0.6) is 0 Å². The van der Waals surface area contributed by atoms with Crippen LogP contribution in [-0.2, 0) is 22.7 Å². The second kappa shape index (κ2) is 26.9. The summed E-state index contributed by atoms with van der Waals surface area (Å²) in [7, 11) is 0. The Bertz CT molecular complexity index is 5110. The predicted octanol–water partition coefficient (Wildman–Crippen LogP) is 27.9. The second-order valence-corrected chi connectivity index (χ2v) is 30.1. The van der Waals surface area contributed by atoms with E-state index in [-0.39, 0.29) is 10.8 Å². The average molecular weight is 1330 g/mol. The van der Waals surface area contributed by atoms with Gasteiger partial charge < -0.3 is 9.80 Å². The van der Waals surface area contributed by atoms with Crippen molar-refractivity contribution in [1.82, 2.24) is 0 Å². The van der Waals surface area contributed by atoms with E-state index in [2.05, 4.69) is 385 Å². The highest BCUT2D eigenvalue weighted by Gasteiger charge is 2.45. The Balaban J connectivity index is 0.734. The molecule has 0 heterocycles. The first kappa shape index (κ1) is 65.0. The highest BCUT2D eigenvalue weighted by molar-refractivity contribution is 5.92. The molecule has 0 saturated heterocycles. The first-order chi connectivity index (χ1) is 50.4. The quantitative estimate of drug-likeness (QED) is 0.0702. The zero-order valence-corrected chi connectivity index (χ0v) is 60.2. The number of hydrogen-bond acceptors (Lipinski definition) is 2. The minimum atomic E-state index is -0.406. The maximum absolute atomic E-state index is 2.56. The van der Waals surface area contributed by atoms with Crippen LogP contribution < -0.4 is 9.80 Å². The van der Waals surface area contributed by atoms with Gasteiger partial charge in [-0.2, -0.15) is 0 Å². The first-order valence-corrected chi connectivity index (χ1v) is 37.5. The molecule has 0 bridgehead atoms. The highest BCUT2D eigenvalue weighted by atomic mass is 15.1. The fourth-order valence-corrected chi connectivity index (χ4v) is 17.6. The molecule has 0 fully saturated rings. The van der Waals surface area contributed by atoms with Gasteiger partial charge in [0.15, 0.2) is 0 Å². The van der Waals surface area contributed by atoms with Gasteiger partial charge in [0.2, 0.25) is 0 Å². The zero-order valence-electron chi connectivity index (χ0n) is 60.2. The Labute approximate surface area is 610 Å². The summed E-state index contributed by atoms with van der Waals surface area (Å²) >= 11 is 0. The number of nitrogens with zero attached hydrogens (tertiary/aromatic N) is 2. The molecule has 14 aromatic carbocycles. The van der Waals surface area contributed by atoms with E-state index in [1.165, 1.54) is 141 Å². The Morgan fingerprint density at radius 3 is 1.03 bits per heavy atom. The molecule has 103 heavy (non-hydrogen) atoms. The lowest BCUT2D eigenvalue weighted by atomic mass is 9.68. The summed E-state index contributed by atoms with van der Waals surface area (Å²) in [5.41, 5.74) is 36.2. The Hall–Kier alpha value is -11.3. The topological polar surface area (TPSA) is 6.48 Å². The van der Waals surface area contributed by atoms with Gasteiger partial charge in [0.25, 0.3) is 0 Å². The number of anilines is 6. The summed E-state index contributed by atoms with van der Waals surface area (Å²) in [5.74, 6) is 0.588. The summed E-state index contributed by atoms with van der Waals surface area (Å²) in [4.78, 5) is 4.89. The Morgan fingerprint density at radius 1 is 0.272 bits per heavy atom. The van der Waals surface area contributed by atoms with Crippen LogP contribution in [0.2, 0.25) is 0 Å². The van der Waals surface area contributed by atoms with Crippen LogP contribution in [0.1, 0.15) is 136 Å². The molecule has 1 unspecified atom stereocenters. The normalized spacial score (nSPS) is 14.0. The van der Waals surface area contributed by atoms with Crippen molar-refractivity contribution in [3.8, 4) is 77.9 Å². The number of unbranched alkanes of at least 4 members (excludes halogenated alkanes) is 3. The van der Waals surface area contributed by atoms with Gasteiger partial charge in [0, 0.05) is 50.4 Å². The summed E-state index contributed by atoms with van der Waals surface area (Å²) in [6.45, 7) is 14.1. The number of rotatable bonds is 20. The van der Waals surface area contributed by atoms with Crippen LogP contribution >= 0.6 is 0 Å². The van der Waals surface area contributed by atoms with Gasteiger partial charge in [0.1, 0.15) is 0 Å². The summed E-state index contributed by atoms with van der Waals surface area (Å²) < 4.78 is 0. The third kappa shape index (κ3) is 11.7. The average Bonchev–Trinajstić information content (AvgIpc) is 1.48. The molecule has 17 rings (SSSR count). The van der Waals surface area contributed by atoms with E-state index >= 15 is 0 Å². The van der Waals surface area contributed by atoms with E-state index in [4.69, 9.17) is 0 Å². The molecule has 0 spiro atoms. The van der Waals surface area contributed by atoms with Crippen LogP contribution in [0.3, 0.4) is 0 Å². The fraction of sp³-hybridized carbons (Fsp3) is 0.168. The predicted molar refractivity (Wildman–Crippen MR) is 436 cm³/mol. The summed E-state index contributed by atoms with van der Waals surface area (Å²) in [6.07, 6.45) is 7.89. The molecular weight excluding hydrogens is 1240 g/mol. The van der Waals surface area contributed by atoms with Crippen molar-refractivity contribution in [2.24, 2.45) is 0 Å². The van der Waals surface area contributed by atoms with Gasteiger partial charge in [-0.15, -0.1) is 0 Å². The van der Waals surface area contributed by atoms with Crippen molar-refractivity contribution in [2.45, 2.75) is 109 Å². The first-order valence-electron chi connectivity index (χ1n) is 37.5. The van der Waals surface area contributed by atoms with E-state index in [9.17, 15) is 0 Å². The van der Waals surface area contributed by atoms with Crippen LogP contribution in [0.15, 0.2) is 334 Å². The van der Waals surface area contributed by atoms with E-state index in [1.54, 1.807) is 0 Å². The molecule has 2 nitrogen and oxygen atoms in total. The van der Waals surface area contributed by atoms with Crippen LogP contribution in [0.25, 0.3) is 77.9 Å². The lowest BCUT2D eigenvalue weighted by Gasteiger charge is -2.34. The Morgan fingerprint density at radius 2 is 0.602 bits per heavy atom. The number of benzene rings is 14. The SMILES string of the molecule is CCC(C)c1ccc(CCCCCCC2(c3ccccc3)c3cc(-c4ccc(N(c5ccc(-c6ccccc6)cc5)c5ccc6c(c5)C(C)(C)c5ccccc5-6)cc4)ccc3-c3ccc(-c4ccc(N(c5ccc(-c6ccccc6)cc5)c5ccc6c(c5)C(C)(C)c5ccccc5-6)cc4)cc32)cc1. The molecule has 1 atom stereocenters. The zero-order chi connectivity index (χ0) is 69.8. The lowest BCUT2D eigenvalue weighted by Crippen LogP contribution is -2.27. The monoisotopic (exact) mass is 1330 g/mol. The molecule has 0 aliphatic heterocycles.